The van der Waals surface area contributed by atoms with Crippen molar-refractivity contribution in [3.63, 3.8) is 0 Å². The highest BCUT2D eigenvalue weighted by Gasteiger charge is 2.41. The summed E-state index contributed by atoms with van der Waals surface area (Å²) in [5.74, 6) is 1.04. The second-order valence-electron chi connectivity index (χ2n) is 6.93. The van der Waals surface area contributed by atoms with Gasteiger partial charge in [-0.2, -0.15) is 4.98 Å². The maximum Gasteiger partial charge on any atom is 0.324 e. The Labute approximate surface area is 142 Å². The molecule has 0 aliphatic carbocycles. The number of aromatic nitrogens is 2. The number of morpholine rings is 1. The number of anilines is 1. The molecule has 2 aromatic rings. The summed E-state index contributed by atoms with van der Waals surface area (Å²) in [6.07, 6.45) is 0.205. The van der Waals surface area contributed by atoms with Crippen molar-refractivity contribution in [1.29, 1.82) is 0 Å². The summed E-state index contributed by atoms with van der Waals surface area (Å²) < 4.78 is 11.5. The summed E-state index contributed by atoms with van der Waals surface area (Å²) in [5.41, 5.74) is 1.34. The van der Waals surface area contributed by atoms with Crippen LogP contribution in [0.2, 0.25) is 0 Å². The first kappa shape index (κ1) is 15.6. The normalized spacial score (nSPS) is 24.5. The van der Waals surface area contributed by atoms with Gasteiger partial charge in [0.05, 0.1) is 25.3 Å². The lowest BCUT2D eigenvalue weighted by Crippen LogP contribution is -2.50. The summed E-state index contributed by atoms with van der Waals surface area (Å²) in [7, 11) is 0. The quantitative estimate of drug-likeness (QED) is 0.858. The van der Waals surface area contributed by atoms with Gasteiger partial charge in [-0.25, -0.2) is 0 Å². The van der Waals surface area contributed by atoms with Gasteiger partial charge in [-0.15, -0.1) is 0 Å². The van der Waals surface area contributed by atoms with Gasteiger partial charge in [-0.3, -0.25) is 4.90 Å². The molecule has 2 aliphatic heterocycles. The Morgan fingerprint density at radius 2 is 2.04 bits per heavy atom. The van der Waals surface area contributed by atoms with Crippen molar-refractivity contribution in [3.05, 3.63) is 41.7 Å². The van der Waals surface area contributed by atoms with Crippen LogP contribution >= 0.6 is 0 Å². The van der Waals surface area contributed by atoms with Crippen LogP contribution in [0.5, 0.6) is 0 Å². The van der Waals surface area contributed by atoms with Crippen molar-refractivity contribution < 1.29 is 9.26 Å². The molecule has 1 aromatic heterocycles. The molecule has 0 saturated carbocycles. The maximum absolute atomic E-state index is 6.00. The second-order valence-corrected chi connectivity index (χ2v) is 6.93. The molecule has 0 unspecified atom stereocenters. The molecule has 128 valence electrons. The van der Waals surface area contributed by atoms with E-state index in [1.165, 1.54) is 5.56 Å². The molecule has 1 aromatic carbocycles. The molecule has 2 aliphatic rings. The Morgan fingerprint density at radius 3 is 2.79 bits per heavy atom. The number of fused-ring (bicyclic) bond motifs is 1. The molecular weight excluding hydrogens is 304 g/mol. The largest absolute Gasteiger partial charge is 0.373 e. The van der Waals surface area contributed by atoms with E-state index >= 15 is 0 Å². The van der Waals surface area contributed by atoms with E-state index in [1.54, 1.807) is 0 Å². The number of hydrogen-bond acceptors (Lipinski definition) is 6. The lowest BCUT2D eigenvalue weighted by atomic mass is 10.1. The summed E-state index contributed by atoms with van der Waals surface area (Å²) in [5, 5.41) is 4.08. The fourth-order valence-electron chi connectivity index (χ4n) is 3.52. The summed E-state index contributed by atoms with van der Waals surface area (Å²) in [6.45, 7) is 8.54. The molecule has 4 rings (SSSR count). The zero-order valence-corrected chi connectivity index (χ0v) is 14.3. The SMILES string of the molecule is CC(C)c1noc(N2C[C@H]3OCCN(Cc4ccccc4)[C@H]3C2)n1. The predicted octanol–water partition coefficient (Wildman–Crippen LogP) is 2.28. The summed E-state index contributed by atoms with van der Waals surface area (Å²) in [6, 6.07) is 11.6. The lowest BCUT2D eigenvalue weighted by molar-refractivity contribution is -0.0499. The molecule has 6 nitrogen and oxygen atoms in total. The van der Waals surface area contributed by atoms with Gasteiger partial charge in [-0.1, -0.05) is 49.3 Å². The van der Waals surface area contributed by atoms with Gasteiger partial charge >= 0.3 is 6.01 Å². The molecule has 0 amide bonds. The first-order chi connectivity index (χ1) is 11.7. The number of nitrogens with zero attached hydrogens (tertiary/aromatic N) is 4. The molecular formula is C18H24N4O2. The number of rotatable bonds is 4. The van der Waals surface area contributed by atoms with Crippen LogP contribution < -0.4 is 4.90 Å². The molecule has 0 bridgehead atoms. The van der Waals surface area contributed by atoms with Gasteiger partial charge in [0.1, 0.15) is 0 Å². The van der Waals surface area contributed by atoms with Crippen LogP contribution in [0.25, 0.3) is 0 Å². The van der Waals surface area contributed by atoms with Crippen molar-refractivity contribution in [2.24, 2.45) is 0 Å². The molecule has 2 atom stereocenters. The molecule has 6 heteroatoms. The lowest BCUT2D eigenvalue weighted by Gasteiger charge is -2.36. The van der Waals surface area contributed by atoms with Gasteiger partial charge in [-0.05, 0) is 5.56 Å². The minimum absolute atomic E-state index is 0.205. The molecule has 2 fully saturated rings. The average Bonchev–Trinajstić information content (AvgIpc) is 3.23. The smallest absolute Gasteiger partial charge is 0.324 e. The number of benzene rings is 1. The third-order valence-corrected chi connectivity index (χ3v) is 4.86. The van der Waals surface area contributed by atoms with E-state index < -0.39 is 0 Å². The third kappa shape index (κ3) is 3.03. The topological polar surface area (TPSA) is 54.6 Å². The highest BCUT2D eigenvalue weighted by Crippen LogP contribution is 2.28. The van der Waals surface area contributed by atoms with Gasteiger partial charge in [0.2, 0.25) is 0 Å². The minimum atomic E-state index is 0.205. The minimum Gasteiger partial charge on any atom is -0.373 e. The van der Waals surface area contributed by atoms with Crippen LogP contribution in [0.4, 0.5) is 6.01 Å². The first-order valence-corrected chi connectivity index (χ1v) is 8.69. The number of ether oxygens (including phenoxy) is 1. The van der Waals surface area contributed by atoms with E-state index in [0.717, 1.165) is 38.6 Å². The summed E-state index contributed by atoms with van der Waals surface area (Å²) in [4.78, 5) is 9.21. The van der Waals surface area contributed by atoms with Crippen molar-refractivity contribution in [2.45, 2.75) is 38.5 Å². The van der Waals surface area contributed by atoms with Crippen molar-refractivity contribution in [3.8, 4) is 0 Å². The number of hydrogen-bond donors (Lipinski definition) is 0. The van der Waals surface area contributed by atoms with E-state index in [4.69, 9.17) is 9.26 Å². The van der Waals surface area contributed by atoms with Crippen molar-refractivity contribution >= 4 is 6.01 Å². The molecule has 0 spiro atoms. The van der Waals surface area contributed by atoms with E-state index in [-0.39, 0.29) is 12.0 Å². The maximum atomic E-state index is 6.00. The van der Waals surface area contributed by atoms with Crippen LogP contribution in [0.15, 0.2) is 34.9 Å². The molecule has 0 radical (unpaired) electrons. The van der Waals surface area contributed by atoms with E-state index in [9.17, 15) is 0 Å². The fourth-order valence-corrected chi connectivity index (χ4v) is 3.52. The van der Waals surface area contributed by atoms with E-state index in [2.05, 4.69) is 64.1 Å². The molecule has 2 saturated heterocycles. The standard InChI is InChI=1S/C18H24N4O2/c1-13(2)17-19-18(24-20-17)22-11-15-16(12-22)23-9-8-21(15)10-14-6-4-3-5-7-14/h3-7,13,15-16H,8-12H2,1-2H3/t15-,16+/m0/s1. The van der Waals surface area contributed by atoms with E-state index in [0.29, 0.717) is 12.1 Å². The van der Waals surface area contributed by atoms with Gasteiger partial charge in [0.15, 0.2) is 5.82 Å². The zero-order valence-electron chi connectivity index (χ0n) is 14.3. The van der Waals surface area contributed by atoms with E-state index in [1.807, 2.05) is 0 Å². The van der Waals surface area contributed by atoms with Crippen molar-refractivity contribution in [2.75, 3.05) is 31.1 Å². The highest BCUT2D eigenvalue weighted by molar-refractivity contribution is 5.30. The Kier molecular flexibility index (Phi) is 4.24. The third-order valence-electron chi connectivity index (χ3n) is 4.86. The fraction of sp³-hybridized carbons (Fsp3) is 0.556. The van der Waals surface area contributed by atoms with Crippen LogP contribution in [0.3, 0.4) is 0 Å². The summed E-state index contributed by atoms with van der Waals surface area (Å²) >= 11 is 0. The Morgan fingerprint density at radius 1 is 1.21 bits per heavy atom. The van der Waals surface area contributed by atoms with Gasteiger partial charge in [0.25, 0.3) is 0 Å². The Bertz CT molecular complexity index is 673. The van der Waals surface area contributed by atoms with Crippen molar-refractivity contribution in [1.82, 2.24) is 15.0 Å². The Hall–Kier alpha value is -1.92. The van der Waals surface area contributed by atoms with Gasteiger partial charge in [0, 0.05) is 25.6 Å². The Balaban J connectivity index is 1.47. The highest BCUT2D eigenvalue weighted by atomic mass is 16.5. The van der Waals surface area contributed by atoms with Crippen LogP contribution in [-0.2, 0) is 11.3 Å². The zero-order chi connectivity index (χ0) is 16.5. The van der Waals surface area contributed by atoms with Crippen LogP contribution in [0, 0.1) is 0 Å². The molecule has 0 N–H and O–H groups in total. The predicted molar refractivity (Wildman–Crippen MR) is 91.0 cm³/mol. The average molecular weight is 328 g/mol. The molecule has 3 heterocycles. The molecule has 24 heavy (non-hydrogen) atoms. The van der Waals surface area contributed by atoms with Crippen LogP contribution in [0.1, 0.15) is 31.2 Å². The monoisotopic (exact) mass is 328 g/mol. The van der Waals surface area contributed by atoms with Crippen LogP contribution in [-0.4, -0.2) is 53.4 Å². The second kappa shape index (κ2) is 6.53. The first-order valence-electron chi connectivity index (χ1n) is 8.69. The van der Waals surface area contributed by atoms with Gasteiger partial charge < -0.3 is 14.2 Å².